The number of benzene rings is 1. The van der Waals surface area contributed by atoms with Crippen molar-refractivity contribution in [3.05, 3.63) is 40.4 Å². The molecule has 4 saturated carbocycles. The topological polar surface area (TPSA) is 17.1 Å². The smallest absolute Gasteiger partial charge is 0.165 e. The number of rotatable bonds is 1. The Bertz CT molecular complexity index is 825. The van der Waals surface area contributed by atoms with E-state index in [1.165, 1.54) is 44.9 Å². The summed E-state index contributed by atoms with van der Waals surface area (Å²) in [4.78, 5) is 13.5. The number of ketones is 1. The second-order valence-electron chi connectivity index (χ2n) is 10.6. The van der Waals surface area contributed by atoms with Gasteiger partial charge in [-0.3, -0.25) is 4.79 Å². The number of Topliss-reactive ketones (excluding diaryl/α,β-unsaturated/α-hetero) is 1. The van der Waals surface area contributed by atoms with E-state index in [-0.39, 0.29) is 5.41 Å². The Morgan fingerprint density at radius 2 is 1.82 bits per heavy atom. The summed E-state index contributed by atoms with van der Waals surface area (Å²) in [6, 6.07) is 7.91. The van der Waals surface area contributed by atoms with Gasteiger partial charge < -0.3 is 0 Å². The molecule has 0 saturated heterocycles. The maximum Gasteiger partial charge on any atom is 0.165 e. The first-order valence-electron chi connectivity index (χ1n) is 11.4. The SMILES string of the molecule is C[C@]12CCCC[C@H]1CC[C@H]1[C@H]2CC[C@@]2(C)C(=O)/C(=C/c3ccccc3Cl)C[C@H]12. The molecule has 0 spiro atoms. The maximum atomic E-state index is 13.5. The van der Waals surface area contributed by atoms with Gasteiger partial charge in [0.15, 0.2) is 5.78 Å². The summed E-state index contributed by atoms with van der Waals surface area (Å²) in [5.41, 5.74) is 2.40. The van der Waals surface area contributed by atoms with Crippen molar-refractivity contribution in [1.82, 2.24) is 0 Å². The van der Waals surface area contributed by atoms with Gasteiger partial charge in [0.25, 0.3) is 0 Å². The molecule has 6 atom stereocenters. The molecular weight excluding hydrogens is 364 g/mol. The number of carbonyl (C=O) groups excluding carboxylic acids is 1. The third kappa shape index (κ3) is 2.68. The van der Waals surface area contributed by atoms with Crippen LogP contribution in [0.2, 0.25) is 5.02 Å². The molecule has 0 N–H and O–H groups in total. The van der Waals surface area contributed by atoms with Crippen molar-refractivity contribution >= 4 is 23.5 Å². The minimum absolute atomic E-state index is 0.147. The van der Waals surface area contributed by atoms with E-state index in [0.29, 0.717) is 17.1 Å². The van der Waals surface area contributed by atoms with Crippen molar-refractivity contribution < 1.29 is 4.79 Å². The minimum atomic E-state index is -0.147. The highest BCUT2D eigenvalue weighted by Gasteiger charge is 2.60. The highest BCUT2D eigenvalue weighted by molar-refractivity contribution is 6.32. The Hall–Kier alpha value is -1.08. The number of carbonyl (C=O) groups is 1. The fourth-order valence-electron chi connectivity index (χ4n) is 7.87. The standard InChI is InChI=1S/C26H33ClO/c1-25-13-6-5-8-19(25)10-11-20-21(25)12-14-26(2)22(20)16-18(24(26)28)15-17-7-3-4-9-23(17)27/h3-4,7,9,15,19-22H,5-6,8,10-14,16H2,1-2H3/b18-15+/t19-,20-,21+,22+,25-,26+/m0/s1. The van der Waals surface area contributed by atoms with Crippen molar-refractivity contribution in [2.45, 2.75) is 71.6 Å². The van der Waals surface area contributed by atoms with Crippen LogP contribution >= 0.6 is 11.6 Å². The molecule has 1 aromatic carbocycles. The van der Waals surface area contributed by atoms with Gasteiger partial charge in [-0.05, 0) is 97.3 Å². The lowest BCUT2D eigenvalue weighted by atomic mass is 9.45. The molecule has 28 heavy (non-hydrogen) atoms. The molecule has 0 aliphatic heterocycles. The summed E-state index contributed by atoms with van der Waals surface area (Å²) >= 11 is 6.39. The molecule has 4 aliphatic rings. The van der Waals surface area contributed by atoms with Crippen LogP contribution < -0.4 is 0 Å². The van der Waals surface area contributed by atoms with Gasteiger partial charge >= 0.3 is 0 Å². The molecule has 0 unspecified atom stereocenters. The van der Waals surface area contributed by atoms with Gasteiger partial charge in [0, 0.05) is 10.4 Å². The highest BCUT2D eigenvalue weighted by atomic mass is 35.5. The third-order valence-electron chi connectivity index (χ3n) is 9.46. The van der Waals surface area contributed by atoms with E-state index in [0.717, 1.165) is 46.8 Å². The largest absolute Gasteiger partial charge is 0.294 e. The highest BCUT2D eigenvalue weighted by Crippen LogP contribution is 2.66. The van der Waals surface area contributed by atoms with Crippen molar-refractivity contribution in [2.75, 3.05) is 0 Å². The second kappa shape index (κ2) is 6.73. The Balaban J connectivity index is 1.48. The van der Waals surface area contributed by atoms with E-state index in [9.17, 15) is 4.79 Å². The van der Waals surface area contributed by atoms with E-state index in [2.05, 4.69) is 19.9 Å². The summed E-state index contributed by atoms with van der Waals surface area (Å²) in [7, 11) is 0. The number of hydrogen-bond acceptors (Lipinski definition) is 1. The van der Waals surface area contributed by atoms with Crippen LogP contribution in [0.25, 0.3) is 6.08 Å². The number of allylic oxidation sites excluding steroid dienone is 1. The van der Waals surface area contributed by atoms with Crippen LogP contribution in [0.5, 0.6) is 0 Å². The van der Waals surface area contributed by atoms with E-state index < -0.39 is 0 Å². The van der Waals surface area contributed by atoms with E-state index >= 15 is 0 Å². The lowest BCUT2D eigenvalue weighted by molar-refractivity contribution is -0.137. The molecule has 0 amide bonds. The first kappa shape index (κ1) is 18.9. The van der Waals surface area contributed by atoms with Crippen LogP contribution in [-0.4, -0.2) is 5.78 Å². The average molecular weight is 397 g/mol. The average Bonchev–Trinajstić information content (AvgIpc) is 2.94. The lowest BCUT2D eigenvalue weighted by Gasteiger charge is -2.59. The van der Waals surface area contributed by atoms with E-state index in [1.807, 2.05) is 24.3 Å². The molecule has 1 aromatic rings. The van der Waals surface area contributed by atoms with Crippen molar-refractivity contribution in [3.63, 3.8) is 0 Å². The molecule has 150 valence electrons. The zero-order chi connectivity index (χ0) is 19.5. The van der Waals surface area contributed by atoms with Crippen molar-refractivity contribution in [1.29, 1.82) is 0 Å². The Kier molecular flexibility index (Phi) is 4.54. The molecule has 1 nitrogen and oxygen atoms in total. The van der Waals surface area contributed by atoms with Gasteiger partial charge in [0.1, 0.15) is 0 Å². The number of hydrogen-bond donors (Lipinski definition) is 0. The molecule has 0 aromatic heterocycles. The van der Waals surface area contributed by atoms with Crippen molar-refractivity contribution in [2.24, 2.45) is 34.5 Å². The number of fused-ring (bicyclic) bond motifs is 5. The van der Waals surface area contributed by atoms with Crippen LogP contribution in [0.4, 0.5) is 0 Å². The van der Waals surface area contributed by atoms with Gasteiger partial charge in [-0.1, -0.05) is 56.5 Å². The van der Waals surface area contributed by atoms with E-state index in [1.54, 1.807) is 0 Å². The summed E-state index contributed by atoms with van der Waals surface area (Å²) < 4.78 is 0. The summed E-state index contributed by atoms with van der Waals surface area (Å²) in [5, 5.41) is 0.746. The molecule has 4 aliphatic carbocycles. The van der Waals surface area contributed by atoms with E-state index in [4.69, 9.17) is 11.6 Å². The monoisotopic (exact) mass is 396 g/mol. The summed E-state index contributed by atoms with van der Waals surface area (Å²) in [6.45, 7) is 4.88. The molecule has 4 fully saturated rings. The molecule has 2 heteroatoms. The Morgan fingerprint density at radius 1 is 1.00 bits per heavy atom. The van der Waals surface area contributed by atoms with Gasteiger partial charge in [-0.15, -0.1) is 0 Å². The number of halogens is 1. The molecular formula is C26H33ClO. The van der Waals surface area contributed by atoms with Gasteiger partial charge in [-0.25, -0.2) is 0 Å². The fraction of sp³-hybridized carbons (Fsp3) is 0.654. The first-order valence-corrected chi connectivity index (χ1v) is 11.8. The predicted octanol–water partition coefficient (Wildman–Crippen LogP) is 7.34. The zero-order valence-corrected chi connectivity index (χ0v) is 18.1. The molecule has 0 bridgehead atoms. The lowest BCUT2D eigenvalue weighted by Crippen LogP contribution is -2.52. The minimum Gasteiger partial charge on any atom is -0.294 e. The fourth-order valence-corrected chi connectivity index (χ4v) is 8.06. The van der Waals surface area contributed by atoms with Gasteiger partial charge in [-0.2, -0.15) is 0 Å². The summed E-state index contributed by atoms with van der Waals surface area (Å²) in [6.07, 6.45) is 13.8. The van der Waals surface area contributed by atoms with Crippen molar-refractivity contribution in [3.8, 4) is 0 Å². The Labute approximate surface area is 174 Å². The normalized spacial score (nSPS) is 44.1. The predicted molar refractivity (Wildman–Crippen MR) is 116 cm³/mol. The van der Waals surface area contributed by atoms with Crippen LogP contribution in [0.15, 0.2) is 29.8 Å². The quantitative estimate of drug-likeness (QED) is 0.454. The zero-order valence-electron chi connectivity index (χ0n) is 17.3. The first-order chi connectivity index (χ1) is 13.4. The van der Waals surface area contributed by atoms with Crippen LogP contribution in [0, 0.1) is 34.5 Å². The van der Waals surface area contributed by atoms with Crippen LogP contribution in [-0.2, 0) is 4.79 Å². The van der Waals surface area contributed by atoms with Crippen LogP contribution in [0.1, 0.15) is 77.2 Å². The Morgan fingerprint density at radius 3 is 2.64 bits per heavy atom. The second-order valence-corrected chi connectivity index (χ2v) is 11.0. The van der Waals surface area contributed by atoms with Crippen LogP contribution in [0.3, 0.4) is 0 Å². The maximum absolute atomic E-state index is 13.5. The molecule has 5 rings (SSSR count). The summed E-state index contributed by atoms with van der Waals surface area (Å²) in [5.74, 6) is 3.44. The molecule has 0 radical (unpaired) electrons. The third-order valence-corrected chi connectivity index (χ3v) is 9.80. The van der Waals surface area contributed by atoms with Gasteiger partial charge in [0.2, 0.25) is 0 Å². The van der Waals surface area contributed by atoms with Gasteiger partial charge in [0.05, 0.1) is 0 Å². The molecule has 0 heterocycles.